The maximum absolute atomic E-state index is 12.4. The standard InChI is InChI=1S/C16H21NO3/c1-3-20-16(19)13-8-10-17(11-9-13)15(18)14-7-5-4-6-12(14)2/h4-7,13H,3,8-11H2,1-2H3. The molecule has 1 aromatic carbocycles. The Morgan fingerprint density at radius 3 is 2.50 bits per heavy atom. The number of likely N-dealkylation sites (tertiary alicyclic amines) is 1. The summed E-state index contributed by atoms with van der Waals surface area (Å²) in [6.07, 6.45) is 1.38. The van der Waals surface area contributed by atoms with Crippen LogP contribution in [0, 0.1) is 12.8 Å². The van der Waals surface area contributed by atoms with Crippen molar-refractivity contribution in [3.8, 4) is 0 Å². The number of nitrogens with zero attached hydrogens (tertiary/aromatic N) is 1. The smallest absolute Gasteiger partial charge is 0.309 e. The Hall–Kier alpha value is -1.84. The van der Waals surface area contributed by atoms with Crippen molar-refractivity contribution in [1.29, 1.82) is 0 Å². The number of piperidine rings is 1. The Bertz CT molecular complexity index is 490. The van der Waals surface area contributed by atoms with Crippen molar-refractivity contribution >= 4 is 11.9 Å². The summed E-state index contributed by atoms with van der Waals surface area (Å²) < 4.78 is 5.04. The Kier molecular flexibility index (Phi) is 4.77. The highest BCUT2D eigenvalue weighted by molar-refractivity contribution is 5.95. The summed E-state index contributed by atoms with van der Waals surface area (Å²) in [4.78, 5) is 25.9. The van der Waals surface area contributed by atoms with E-state index in [0.29, 0.717) is 32.5 Å². The maximum atomic E-state index is 12.4. The van der Waals surface area contributed by atoms with Gasteiger partial charge in [-0.2, -0.15) is 0 Å². The molecule has 108 valence electrons. The number of hydrogen-bond donors (Lipinski definition) is 0. The largest absolute Gasteiger partial charge is 0.466 e. The normalized spacial score (nSPS) is 16.0. The van der Waals surface area contributed by atoms with Crippen LogP contribution in [0.4, 0.5) is 0 Å². The van der Waals surface area contributed by atoms with Crippen LogP contribution in [0.15, 0.2) is 24.3 Å². The van der Waals surface area contributed by atoms with Crippen LogP contribution in [0.25, 0.3) is 0 Å². The topological polar surface area (TPSA) is 46.6 Å². The third kappa shape index (κ3) is 3.18. The van der Waals surface area contributed by atoms with E-state index in [4.69, 9.17) is 4.74 Å². The average Bonchev–Trinajstić information content (AvgIpc) is 2.47. The molecule has 1 aromatic rings. The quantitative estimate of drug-likeness (QED) is 0.796. The molecule has 4 nitrogen and oxygen atoms in total. The van der Waals surface area contributed by atoms with E-state index >= 15 is 0 Å². The molecule has 0 atom stereocenters. The Morgan fingerprint density at radius 1 is 1.25 bits per heavy atom. The third-order valence-electron chi connectivity index (χ3n) is 3.78. The fourth-order valence-electron chi connectivity index (χ4n) is 2.56. The summed E-state index contributed by atoms with van der Waals surface area (Å²) in [6, 6.07) is 7.61. The number of carbonyl (C=O) groups is 2. The first-order valence-electron chi connectivity index (χ1n) is 7.15. The lowest BCUT2D eigenvalue weighted by molar-refractivity contribution is -0.149. The number of benzene rings is 1. The average molecular weight is 275 g/mol. The van der Waals surface area contributed by atoms with Gasteiger partial charge in [0.15, 0.2) is 0 Å². The van der Waals surface area contributed by atoms with Gasteiger partial charge in [0.25, 0.3) is 5.91 Å². The highest BCUT2D eigenvalue weighted by atomic mass is 16.5. The van der Waals surface area contributed by atoms with Gasteiger partial charge in [0, 0.05) is 18.7 Å². The van der Waals surface area contributed by atoms with Crippen molar-refractivity contribution in [3.05, 3.63) is 35.4 Å². The van der Waals surface area contributed by atoms with Gasteiger partial charge in [0.05, 0.1) is 12.5 Å². The van der Waals surface area contributed by atoms with E-state index in [2.05, 4.69) is 0 Å². The number of esters is 1. The first kappa shape index (κ1) is 14.6. The van der Waals surface area contributed by atoms with Crippen LogP contribution in [0.1, 0.15) is 35.7 Å². The van der Waals surface area contributed by atoms with Crippen molar-refractivity contribution in [3.63, 3.8) is 0 Å². The Labute approximate surface area is 119 Å². The Balaban J connectivity index is 1.96. The molecule has 0 saturated carbocycles. The number of rotatable bonds is 3. The van der Waals surface area contributed by atoms with Crippen LogP contribution >= 0.6 is 0 Å². The lowest BCUT2D eigenvalue weighted by Gasteiger charge is -2.31. The molecule has 2 rings (SSSR count). The zero-order chi connectivity index (χ0) is 14.5. The highest BCUT2D eigenvalue weighted by Gasteiger charge is 2.28. The van der Waals surface area contributed by atoms with E-state index in [9.17, 15) is 9.59 Å². The van der Waals surface area contributed by atoms with E-state index in [1.165, 1.54) is 0 Å². The Morgan fingerprint density at radius 2 is 1.90 bits per heavy atom. The van der Waals surface area contributed by atoms with Gasteiger partial charge >= 0.3 is 5.97 Å². The van der Waals surface area contributed by atoms with Gasteiger partial charge in [0.2, 0.25) is 0 Å². The number of carbonyl (C=O) groups excluding carboxylic acids is 2. The monoisotopic (exact) mass is 275 g/mol. The third-order valence-corrected chi connectivity index (χ3v) is 3.78. The minimum Gasteiger partial charge on any atom is -0.466 e. The molecule has 0 unspecified atom stereocenters. The van der Waals surface area contributed by atoms with E-state index in [1.807, 2.05) is 43.0 Å². The molecule has 20 heavy (non-hydrogen) atoms. The van der Waals surface area contributed by atoms with Gasteiger partial charge in [0.1, 0.15) is 0 Å². The summed E-state index contributed by atoms with van der Waals surface area (Å²) >= 11 is 0. The van der Waals surface area contributed by atoms with Crippen molar-refractivity contribution in [1.82, 2.24) is 4.90 Å². The molecule has 1 saturated heterocycles. The van der Waals surface area contributed by atoms with Crippen molar-refractivity contribution in [2.45, 2.75) is 26.7 Å². The van der Waals surface area contributed by atoms with E-state index in [0.717, 1.165) is 11.1 Å². The molecule has 0 aromatic heterocycles. The second-order valence-electron chi connectivity index (χ2n) is 5.13. The van der Waals surface area contributed by atoms with Gasteiger partial charge < -0.3 is 9.64 Å². The number of hydrogen-bond acceptors (Lipinski definition) is 3. The van der Waals surface area contributed by atoms with Crippen LogP contribution in [-0.2, 0) is 9.53 Å². The van der Waals surface area contributed by atoms with Crippen molar-refractivity contribution < 1.29 is 14.3 Å². The number of amides is 1. The number of aryl methyl sites for hydroxylation is 1. The van der Waals surface area contributed by atoms with Gasteiger partial charge in [-0.1, -0.05) is 18.2 Å². The van der Waals surface area contributed by atoms with Gasteiger partial charge in [-0.3, -0.25) is 9.59 Å². The molecule has 4 heteroatoms. The van der Waals surface area contributed by atoms with E-state index < -0.39 is 0 Å². The van der Waals surface area contributed by atoms with Crippen LogP contribution < -0.4 is 0 Å². The SMILES string of the molecule is CCOC(=O)C1CCN(C(=O)c2ccccc2C)CC1. The van der Waals surface area contributed by atoms with Crippen LogP contribution in [0.5, 0.6) is 0 Å². The first-order chi connectivity index (χ1) is 9.63. The molecule has 0 spiro atoms. The van der Waals surface area contributed by atoms with Gasteiger partial charge in [-0.15, -0.1) is 0 Å². The second-order valence-corrected chi connectivity index (χ2v) is 5.13. The zero-order valence-corrected chi connectivity index (χ0v) is 12.1. The lowest BCUT2D eigenvalue weighted by Crippen LogP contribution is -2.40. The molecule has 1 aliphatic rings. The molecule has 1 amide bonds. The summed E-state index contributed by atoms with van der Waals surface area (Å²) in [7, 11) is 0. The van der Waals surface area contributed by atoms with Gasteiger partial charge in [-0.25, -0.2) is 0 Å². The van der Waals surface area contributed by atoms with Crippen LogP contribution in [-0.4, -0.2) is 36.5 Å². The number of ether oxygens (including phenoxy) is 1. The van der Waals surface area contributed by atoms with E-state index in [-0.39, 0.29) is 17.8 Å². The fourth-order valence-corrected chi connectivity index (χ4v) is 2.56. The molecule has 0 radical (unpaired) electrons. The second kappa shape index (κ2) is 6.55. The molecule has 1 aliphatic heterocycles. The van der Waals surface area contributed by atoms with E-state index in [1.54, 1.807) is 0 Å². The van der Waals surface area contributed by atoms with Crippen LogP contribution in [0.2, 0.25) is 0 Å². The maximum Gasteiger partial charge on any atom is 0.309 e. The van der Waals surface area contributed by atoms with Gasteiger partial charge in [-0.05, 0) is 38.3 Å². The lowest BCUT2D eigenvalue weighted by atomic mass is 9.96. The molecule has 0 N–H and O–H groups in total. The minimum atomic E-state index is -0.129. The highest BCUT2D eigenvalue weighted by Crippen LogP contribution is 2.21. The summed E-state index contributed by atoms with van der Waals surface area (Å²) in [6.45, 7) is 5.42. The molecular formula is C16H21NO3. The van der Waals surface area contributed by atoms with Crippen molar-refractivity contribution in [2.24, 2.45) is 5.92 Å². The molecule has 0 aliphatic carbocycles. The van der Waals surface area contributed by atoms with Crippen LogP contribution in [0.3, 0.4) is 0 Å². The summed E-state index contributed by atoms with van der Waals surface area (Å²) in [5.74, 6) is -0.128. The zero-order valence-electron chi connectivity index (χ0n) is 12.1. The first-order valence-corrected chi connectivity index (χ1v) is 7.15. The van der Waals surface area contributed by atoms with Crippen molar-refractivity contribution in [2.75, 3.05) is 19.7 Å². The predicted molar refractivity (Wildman–Crippen MR) is 76.4 cm³/mol. The molecule has 0 bridgehead atoms. The summed E-state index contributed by atoms with van der Waals surface area (Å²) in [5, 5.41) is 0. The minimum absolute atomic E-state index is 0.0594. The summed E-state index contributed by atoms with van der Waals surface area (Å²) in [5.41, 5.74) is 1.74. The predicted octanol–water partition coefficient (Wildman–Crippen LogP) is 2.41. The molecular weight excluding hydrogens is 254 g/mol. The fraction of sp³-hybridized carbons (Fsp3) is 0.500. The molecule has 1 fully saturated rings. The molecule has 1 heterocycles.